The zero-order valence-electron chi connectivity index (χ0n) is 12.1. The van der Waals surface area contributed by atoms with E-state index in [4.69, 9.17) is 0 Å². The summed E-state index contributed by atoms with van der Waals surface area (Å²) in [7, 11) is 0. The standard InChI is InChI=1S/C15H16BrN3O2/c1-9-14(16)8-17-19(9)10(2)15(21)18-13-6-4-12(5-7-13)11(3)20/h4-8,10H,1-3H3,(H,18,21). The number of ketones is 1. The van der Waals surface area contributed by atoms with Gasteiger partial charge in [-0.2, -0.15) is 5.10 Å². The van der Waals surface area contributed by atoms with Crippen molar-refractivity contribution < 1.29 is 9.59 Å². The molecule has 1 aromatic heterocycles. The fraction of sp³-hybridized carbons (Fsp3) is 0.267. The van der Waals surface area contributed by atoms with Crippen LogP contribution in [0.5, 0.6) is 0 Å². The minimum Gasteiger partial charge on any atom is -0.324 e. The molecule has 1 atom stereocenters. The molecule has 1 amide bonds. The largest absolute Gasteiger partial charge is 0.324 e. The summed E-state index contributed by atoms with van der Waals surface area (Å²) in [5, 5.41) is 7.00. The van der Waals surface area contributed by atoms with Crippen LogP contribution >= 0.6 is 15.9 Å². The first-order valence-electron chi connectivity index (χ1n) is 6.51. The number of anilines is 1. The lowest BCUT2D eigenvalue weighted by molar-refractivity contribution is -0.119. The zero-order chi connectivity index (χ0) is 15.6. The van der Waals surface area contributed by atoms with Gasteiger partial charge >= 0.3 is 0 Å². The molecule has 0 radical (unpaired) electrons. The third-order valence-corrected chi connectivity index (χ3v) is 4.07. The molecule has 2 aromatic rings. The lowest BCUT2D eigenvalue weighted by atomic mass is 10.1. The Kier molecular flexibility index (Phi) is 4.57. The topological polar surface area (TPSA) is 64.0 Å². The molecule has 2 rings (SSSR count). The molecule has 5 nitrogen and oxygen atoms in total. The van der Waals surface area contributed by atoms with E-state index in [1.54, 1.807) is 42.1 Å². The van der Waals surface area contributed by atoms with Crippen molar-refractivity contribution in [2.45, 2.75) is 26.8 Å². The Morgan fingerprint density at radius 1 is 1.29 bits per heavy atom. The van der Waals surface area contributed by atoms with Gasteiger partial charge in [0.15, 0.2) is 5.78 Å². The Morgan fingerprint density at radius 2 is 1.90 bits per heavy atom. The summed E-state index contributed by atoms with van der Waals surface area (Å²) in [6.45, 7) is 5.18. The number of halogens is 1. The first kappa shape index (κ1) is 15.4. The molecule has 1 heterocycles. The summed E-state index contributed by atoms with van der Waals surface area (Å²) < 4.78 is 2.52. The van der Waals surface area contributed by atoms with Crippen molar-refractivity contribution in [3.8, 4) is 0 Å². The van der Waals surface area contributed by atoms with Gasteiger partial charge in [0.1, 0.15) is 6.04 Å². The Hall–Kier alpha value is -1.95. The molecule has 0 aliphatic carbocycles. The minimum absolute atomic E-state index is 0.00161. The van der Waals surface area contributed by atoms with E-state index in [-0.39, 0.29) is 11.7 Å². The number of carbonyl (C=O) groups is 2. The van der Waals surface area contributed by atoms with Crippen LogP contribution in [0.3, 0.4) is 0 Å². The van der Waals surface area contributed by atoms with E-state index >= 15 is 0 Å². The molecule has 6 heteroatoms. The monoisotopic (exact) mass is 349 g/mol. The van der Waals surface area contributed by atoms with Crippen LogP contribution in [0, 0.1) is 6.92 Å². The highest BCUT2D eigenvalue weighted by Crippen LogP contribution is 2.19. The molecular weight excluding hydrogens is 334 g/mol. The third-order valence-electron chi connectivity index (χ3n) is 3.29. The maximum Gasteiger partial charge on any atom is 0.248 e. The molecule has 1 N–H and O–H groups in total. The number of hydrogen-bond donors (Lipinski definition) is 1. The van der Waals surface area contributed by atoms with Gasteiger partial charge in [-0.3, -0.25) is 14.3 Å². The second-order valence-electron chi connectivity index (χ2n) is 4.82. The van der Waals surface area contributed by atoms with Gasteiger partial charge in [-0.15, -0.1) is 0 Å². The fourth-order valence-corrected chi connectivity index (χ4v) is 2.21. The number of nitrogens with one attached hydrogen (secondary N) is 1. The number of amides is 1. The number of nitrogens with zero attached hydrogens (tertiary/aromatic N) is 2. The number of Topliss-reactive ketones (excluding diaryl/α,β-unsaturated/α-hetero) is 1. The van der Waals surface area contributed by atoms with Crippen LogP contribution in [0.1, 0.15) is 35.9 Å². The Bertz CT molecular complexity index is 677. The van der Waals surface area contributed by atoms with E-state index in [0.717, 1.165) is 10.2 Å². The molecule has 0 aliphatic rings. The highest BCUT2D eigenvalue weighted by atomic mass is 79.9. The maximum absolute atomic E-state index is 12.2. The second kappa shape index (κ2) is 6.22. The van der Waals surface area contributed by atoms with Crippen molar-refractivity contribution in [1.82, 2.24) is 9.78 Å². The van der Waals surface area contributed by atoms with Crippen molar-refractivity contribution in [2.75, 3.05) is 5.32 Å². The number of aromatic nitrogens is 2. The number of carbonyl (C=O) groups excluding carboxylic acids is 2. The summed E-state index contributed by atoms with van der Waals surface area (Å²) in [5.41, 5.74) is 2.17. The second-order valence-corrected chi connectivity index (χ2v) is 5.68. The first-order valence-corrected chi connectivity index (χ1v) is 7.31. The average Bonchev–Trinajstić information content (AvgIpc) is 2.78. The van der Waals surface area contributed by atoms with Crippen molar-refractivity contribution in [3.05, 3.63) is 46.2 Å². The highest BCUT2D eigenvalue weighted by Gasteiger charge is 2.18. The van der Waals surface area contributed by atoms with Gasteiger partial charge in [0.05, 0.1) is 16.4 Å². The molecule has 0 saturated heterocycles. The summed E-state index contributed by atoms with van der Waals surface area (Å²) in [5.74, 6) is -0.164. The molecule has 0 spiro atoms. The number of benzene rings is 1. The van der Waals surface area contributed by atoms with Gasteiger partial charge < -0.3 is 5.32 Å². The van der Waals surface area contributed by atoms with Crippen molar-refractivity contribution >= 4 is 33.3 Å². The lowest BCUT2D eigenvalue weighted by Gasteiger charge is -2.14. The summed E-state index contributed by atoms with van der Waals surface area (Å²) in [6.07, 6.45) is 1.67. The van der Waals surface area contributed by atoms with Crippen molar-refractivity contribution in [1.29, 1.82) is 0 Å². The molecule has 21 heavy (non-hydrogen) atoms. The van der Waals surface area contributed by atoms with E-state index in [9.17, 15) is 9.59 Å². The predicted octanol–water partition coefficient (Wildman–Crippen LogP) is 3.36. The Balaban J connectivity index is 2.10. The smallest absolute Gasteiger partial charge is 0.248 e. The van der Waals surface area contributed by atoms with Crippen molar-refractivity contribution in [3.63, 3.8) is 0 Å². The van der Waals surface area contributed by atoms with Crippen LogP contribution in [0.2, 0.25) is 0 Å². The zero-order valence-corrected chi connectivity index (χ0v) is 13.6. The number of rotatable bonds is 4. The van der Waals surface area contributed by atoms with Crippen LogP contribution < -0.4 is 5.32 Å². The van der Waals surface area contributed by atoms with Crippen LogP contribution in [0.25, 0.3) is 0 Å². The maximum atomic E-state index is 12.2. The van der Waals surface area contributed by atoms with Gasteiger partial charge in [-0.25, -0.2) is 0 Å². The highest BCUT2D eigenvalue weighted by molar-refractivity contribution is 9.10. The van der Waals surface area contributed by atoms with E-state index in [1.807, 2.05) is 6.92 Å². The van der Waals surface area contributed by atoms with Gasteiger partial charge in [0.25, 0.3) is 0 Å². The molecule has 0 bridgehead atoms. The van der Waals surface area contributed by atoms with Crippen LogP contribution in [0.4, 0.5) is 5.69 Å². The lowest BCUT2D eigenvalue weighted by Crippen LogP contribution is -2.25. The van der Waals surface area contributed by atoms with Gasteiger partial charge in [-0.05, 0) is 61.0 Å². The van der Waals surface area contributed by atoms with E-state index in [1.165, 1.54) is 6.92 Å². The van der Waals surface area contributed by atoms with E-state index < -0.39 is 6.04 Å². The minimum atomic E-state index is -0.427. The normalized spacial score (nSPS) is 12.0. The molecule has 0 fully saturated rings. The van der Waals surface area contributed by atoms with Gasteiger partial charge in [0, 0.05) is 11.3 Å². The quantitative estimate of drug-likeness (QED) is 0.860. The molecule has 110 valence electrons. The average molecular weight is 350 g/mol. The molecule has 1 aromatic carbocycles. The van der Waals surface area contributed by atoms with Crippen LogP contribution in [-0.2, 0) is 4.79 Å². The summed E-state index contributed by atoms with van der Waals surface area (Å²) in [4.78, 5) is 23.4. The Labute approximate surface area is 131 Å². The summed E-state index contributed by atoms with van der Waals surface area (Å²) in [6, 6.07) is 6.39. The van der Waals surface area contributed by atoms with Crippen molar-refractivity contribution in [2.24, 2.45) is 0 Å². The summed E-state index contributed by atoms with van der Waals surface area (Å²) >= 11 is 3.37. The first-order chi connectivity index (χ1) is 9.90. The van der Waals surface area contributed by atoms with E-state index in [2.05, 4.69) is 26.3 Å². The van der Waals surface area contributed by atoms with Gasteiger partial charge in [0.2, 0.25) is 5.91 Å². The fourth-order valence-electron chi connectivity index (χ4n) is 1.94. The molecule has 1 unspecified atom stereocenters. The molecule has 0 saturated carbocycles. The molecular formula is C15H16BrN3O2. The van der Waals surface area contributed by atoms with Gasteiger partial charge in [-0.1, -0.05) is 0 Å². The SMILES string of the molecule is CC(=O)c1ccc(NC(=O)C(C)n2ncc(Br)c2C)cc1. The Morgan fingerprint density at radius 3 is 2.38 bits per heavy atom. The third kappa shape index (κ3) is 3.39. The number of hydrogen-bond acceptors (Lipinski definition) is 3. The van der Waals surface area contributed by atoms with Crippen LogP contribution in [-0.4, -0.2) is 21.5 Å². The molecule has 0 aliphatic heterocycles. The van der Waals surface area contributed by atoms with Crippen LogP contribution in [0.15, 0.2) is 34.9 Å². The van der Waals surface area contributed by atoms with E-state index in [0.29, 0.717) is 11.3 Å². The predicted molar refractivity (Wildman–Crippen MR) is 84.5 cm³/mol.